The molecule has 16 heavy (non-hydrogen) atoms. The predicted octanol–water partition coefficient (Wildman–Crippen LogP) is 1.98. The molecule has 94 valence electrons. The van der Waals surface area contributed by atoms with Crippen molar-refractivity contribution in [1.82, 2.24) is 4.90 Å². The molecule has 0 aromatic rings. The molecule has 0 aromatic heterocycles. The summed E-state index contributed by atoms with van der Waals surface area (Å²) in [5.41, 5.74) is 0. The lowest BCUT2D eigenvalue weighted by Crippen LogP contribution is -2.30. The van der Waals surface area contributed by atoms with Crippen LogP contribution in [0.4, 0.5) is 0 Å². The van der Waals surface area contributed by atoms with Gasteiger partial charge in [-0.3, -0.25) is 4.90 Å². The van der Waals surface area contributed by atoms with Crippen LogP contribution in [0.3, 0.4) is 0 Å². The molecule has 0 amide bonds. The summed E-state index contributed by atoms with van der Waals surface area (Å²) in [5.74, 6) is 0.336. The first-order chi connectivity index (χ1) is 7.49. The quantitative estimate of drug-likeness (QED) is 0.731. The molecule has 2 fully saturated rings. The first-order valence-electron chi connectivity index (χ1n) is 5.40. The highest BCUT2D eigenvalue weighted by Gasteiger charge is 2.52. The Morgan fingerprint density at radius 1 is 1.31 bits per heavy atom. The normalized spacial score (nSPS) is 41.5. The Kier molecular flexibility index (Phi) is 4.22. The maximum Gasteiger partial charge on any atom is 0.165 e. The third-order valence-electron chi connectivity index (χ3n) is 3.04. The molecule has 7 heteroatoms. The van der Waals surface area contributed by atoms with Crippen molar-refractivity contribution in [2.75, 3.05) is 18.8 Å². The Balaban J connectivity index is 2.07. The number of halogens is 1. The van der Waals surface area contributed by atoms with Gasteiger partial charge in [0.25, 0.3) is 0 Å². The van der Waals surface area contributed by atoms with Gasteiger partial charge in [-0.05, 0) is 13.1 Å². The summed E-state index contributed by atoms with van der Waals surface area (Å²) in [5, 5.41) is 0.491. The number of fused-ring (bicyclic) bond motifs is 1. The summed E-state index contributed by atoms with van der Waals surface area (Å²) in [6.07, 6.45) is 0. The van der Waals surface area contributed by atoms with E-state index < -0.39 is 9.84 Å². The molecular formula is C9H16BrNO2S3. The van der Waals surface area contributed by atoms with Crippen molar-refractivity contribution < 1.29 is 8.42 Å². The number of rotatable bonds is 3. The van der Waals surface area contributed by atoms with Crippen molar-refractivity contribution >= 4 is 49.3 Å². The maximum absolute atomic E-state index is 11.7. The Morgan fingerprint density at radius 3 is 2.44 bits per heavy atom. The molecule has 2 saturated heterocycles. The van der Waals surface area contributed by atoms with Crippen molar-refractivity contribution in [1.29, 1.82) is 0 Å². The Labute approximate surface area is 114 Å². The highest BCUT2D eigenvalue weighted by atomic mass is 79.9. The second-order valence-electron chi connectivity index (χ2n) is 3.98. The largest absolute Gasteiger partial charge is 0.284 e. The minimum atomic E-state index is -2.89. The molecule has 2 heterocycles. The van der Waals surface area contributed by atoms with Crippen LogP contribution < -0.4 is 0 Å². The van der Waals surface area contributed by atoms with Gasteiger partial charge in [-0.1, -0.05) is 29.8 Å². The van der Waals surface area contributed by atoms with Gasteiger partial charge < -0.3 is 0 Å². The molecule has 3 nitrogen and oxygen atoms in total. The first-order valence-corrected chi connectivity index (χ1v) is 9.92. The van der Waals surface area contributed by atoms with Gasteiger partial charge in [-0.15, -0.1) is 23.5 Å². The van der Waals surface area contributed by atoms with E-state index in [1.54, 1.807) is 0 Å². The van der Waals surface area contributed by atoms with Crippen LogP contribution in [0.25, 0.3) is 0 Å². The van der Waals surface area contributed by atoms with Crippen LogP contribution >= 0.6 is 39.5 Å². The number of sulfone groups is 1. The van der Waals surface area contributed by atoms with E-state index in [0.717, 1.165) is 13.1 Å². The van der Waals surface area contributed by atoms with E-state index in [9.17, 15) is 8.42 Å². The topological polar surface area (TPSA) is 37.4 Å². The van der Waals surface area contributed by atoms with Gasteiger partial charge in [-0.25, -0.2) is 8.42 Å². The van der Waals surface area contributed by atoms with E-state index in [0.29, 0.717) is 10.5 Å². The van der Waals surface area contributed by atoms with Crippen LogP contribution in [0.5, 0.6) is 0 Å². The fraction of sp³-hybridized carbons (Fsp3) is 1.00. The van der Waals surface area contributed by atoms with E-state index >= 15 is 0 Å². The number of hydrogen-bond donors (Lipinski definition) is 0. The molecule has 0 spiro atoms. The smallest absolute Gasteiger partial charge is 0.165 e. The van der Waals surface area contributed by atoms with Crippen molar-refractivity contribution in [3.63, 3.8) is 0 Å². The predicted molar refractivity (Wildman–Crippen MR) is 76.0 cm³/mol. The number of hydrogen-bond acceptors (Lipinski definition) is 5. The van der Waals surface area contributed by atoms with Crippen molar-refractivity contribution in [3.8, 4) is 0 Å². The minimum absolute atomic E-state index is 0.223. The SMILES string of the molecule is CCN(CC)[C@@H]1S[C@@H]2[C@H](CS(=O)(=O)[C@H]2Br)S1. The number of nitrogens with zero attached hydrogens (tertiary/aromatic N) is 1. The molecule has 0 unspecified atom stereocenters. The van der Waals surface area contributed by atoms with Gasteiger partial charge >= 0.3 is 0 Å². The highest BCUT2D eigenvalue weighted by molar-refractivity contribution is 9.11. The fourth-order valence-electron chi connectivity index (χ4n) is 2.06. The third-order valence-corrected chi connectivity index (χ3v) is 11.5. The summed E-state index contributed by atoms with van der Waals surface area (Å²) < 4.78 is 23.5. The maximum atomic E-state index is 11.7. The molecule has 0 radical (unpaired) electrons. The van der Waals surface area contributed by atoms with Gasteiger partial charge in [0.15, 0.2) is 9.84 Å². The van der Waals surface area contributed by atoms with Crippen molar-refractivity contribution in [2.24, 2.45) is 0 Å². The van der Waals surface area contributed by atoms with Gasteiger partial charge in [0.05, 0.1) is 5.75 Å². The summed E-state index contributed by atoms with van der Waals surface area (Å²) in [4.78, 5) is 2.39. The van der Waals surface area contributed by atoms with Crippen LogP contribution in [0.2, 0.25) is 0 Å². The monoisotopic (exact) mass is 345 g/mol. The number of alkyl halides is 1. The minimum Gasteiger partial charge on any atom is -0.284 e. The summed E-state index contributed by atoms with van der Waals surface area (Å²) >= 11 is 6.98. The van der Waals surface area contributed by atoms with Crippen LogP contribution in [0.15, 0.2) is 0 Å². The lowest BCUT2D eigenvalue weighted by atomic mass is 10.4. The zero-order valence-electron chi connectivity index (χ0n) is 9.30. The molecule has 0 aromatic carbocycles. The standard InChI is InChI=1S/C9H16BrNO2S3/c1-3-11(4-2)9-14-6-5-16(12,13)8(10)7(6)15-9/h6-9H,3-5H2,1-2H3/t6-,7+,8+,9-/m0/s1. The molecule has 2 aliphatic heterocycles. The van der Waals surface area contributed by atoms with E-state index in [2.05, 4.69) is 34.7 Å². The Morgan fingerprint density at radius 2 is 1.94 bits per heavy atom. The number of thioether (sulfide) groups is 2. The van der Waals surface area contributed by atoms with Gasteiger partial charge in [0.2, 0.25) is 0 Å². The molecule has 2 aliphatic rings. The molecule has 0 aliphatic carbocycles. The van der Waals surface area contributed by atoms with Crippen molar-refractivity contribution in [3.05, 3.63) is 0 Å². The van der Waals surface area contributed by atoms with Crippen LogP contribution in [-0.2, 0) is 9.84 Å². The van der Waals surface area contributed by atoms with Gasteiger partial charge in [-0.2, -0.15) is 0 Å². The lowest BCUT2D eigenvalue weighted by Gasteiger charge is -2.25. The lowest BCUT2D eigenvalue weighted by molar-refractivity contribution is 0.340. The van der Waals surface area contributed by atoms with E-state index in [1.807, 2.05) is 23.5 Å². The van der Waals surface area contributed by atoms with E-state index in [4.69, 9.17) is 0 Å². The average Bonchev–Trinajstić information content (AvgIpc) is 2.69. The molecule has 4 atom stereocenters. The van der Waals surface area contributed by atoms with E-state index in [1.165, 1.54) is 0 Å². The fourth-order valence-corrected chi connectivity index (χ4v) is 10.4. The molecule has 0 N–H and O–H groups in total. The molecule has 2 rings (SSSR count). The van der Waals surface area contributed by atoms with E-state index in [-0.39, 0.29) is 14.7 Å². The molecular weight excluding hydrogens is 330 g/mol. The summed E-state index contributed by atoms with van der Waals surface area (Å²) in [6.45, 7) is 6.36. The zero-order valence-corrected chi connectivity index (χ0v) is 13.3. The average molecular weight is 346 g/mol. The third kappa shape index (κ3) is 2.30. The highest BCUT2D eigenvalue weighted by Crippen LogP contribution is 2.52. The van der Waals surface area contributed by atoms with Crippen molar-refractivity contribution in [2.45, 2.75) is 33.2 Å². The van der Waals surface area contributed by atoms with Gasteiger partial charge in [0, 0.05) is 10.5 Å². The summed E-state index contributed by atoms with van der Waals surface area (Å²) in [7, 11) is -2.89. The van der Waals surface area contributed by atoms with Gasteiger partial charge in [0.1, 0.15) is 8.87 Å². The van der Waals surface area contributed by atoms with Crippen LogP contribution in [0, 0.1) is 0 Å². The van der Waals surface area contributed by atoms with Crippen LogP contribution in [-0.4, -0.2) is 51.5 Å². The first kappa shape index (κ1) is 13.5. The Bertz CT molecular complexity index is 358. The zero-order chi connectivity index (χ0) is 11.9. The summed E-state index contributed by atoms with van der Waals surface area (Å²) in [6, 6.07) is 0. The van der Waals surface area contributed by atoms with Crippen LogP contribution in [0.1, 0.15) is 13.8 Å². The Hall–Kier alpha value is 1.09. The molecule has 0 saturated carbocycles. The molecule has 0 bridgehead atoms. The second-order valence-corrected chi connectivity index (χ2v) is 10.6. The second kappa shape index (κ2) is 4.99.